The Morgan fingerprint density at radius 1 is 1.15 bits per heavy atom. The molecule has 1 N–H and O–H groups in total. The Balaban J connectivity index is 1.44. The highest BCUT2D eigenvalue weighted by atomic mass is 35.5. The van der Waals surface area contributed by atoms with E-state index in [1.54, 1.807) is 36.5 Å². The van der Waals surface area contributed by atoms with Crippen LogP contribution in [-0.4, -0.2) is 21.7 Å². The molecule has 0 saturated carbocycles. The van der Waals surface area contributed by atoms with E-state index in [2.05, 4.69) is 20.1 Å². The van der Waals surface area contributed by atoms with Crippen LogP contribution in [0.4, 0.5) is 4.39 Å². The Labute approximate surface area is 201 Å². The number of aromatic nitrogens is 2. The number of rotatable bonds is 7. The number of amides is 1. The second-order valence-electron chi connectivity index (χ2n) is 7.58. The van der Waals surface area contributed by atoms with Crippen LogP contribution in [0, 0.1) is 19.7 Å². The molecule has 0 bridgehead atoms. The van der Waals surface area contributed by atoms with Gasteiger partial charge in [-0.2, -0.15) is 5.10 Å². The molecule has 8 heteroatoms. The first-order chi connectivity index (χ1) is 16.4. The number of carbonyl (C=O) groups excluding carboxylic acids is 1. The summed E-state index contributed by atoms with van der Waals surface area (Å²) < 4.78 is 21.6. The van der Waals surface area contributed by atoms with Gasteiger partial charge >= 0.3 is 0 Å². The number of benzene rings is 2. The summed E-state index contributed by atoms with van der Waals surface area (Å²) in [6.07, 6.45) is 3.10. The first kappa shape index (κ1) is 23.2. The van der Waals surface area contributed by atoms with Crippen molar-refractivity contribution < 1.29 is 13.9 Å². The number of ether oxygens (including phenoxy) is 1. The van der Waals surface area contributed by atoms with Gasteiger partial charge in [0, 0.05) is 34.4 Å². The molecule has 6 nitrogen and oxygen atoms in total. The number of carbonyl (C=O) groups is 1. The van der Waals surface area contributed by atoms with Crippen LogP contribution >= 0.6 is 11.6 Å². The third kappa shape index (κ3) is 5.15. The topological polar surface area (TPSA) is 68.5 Å². The minimum Gasteiger partial charge on any atom is -0.489 e. The lowest BCUT2D eigenvalue weighted by molar-refractivity contribution is 0.0955. The maximum absolute atomic E-state index is 13.8. The summed E-state index contributed by atoms with van der Waals surface area (Å²) in [5.74, 6) is -0.0752. The summed E-state index contributed by atoms with van der Waals surface area (Å²) >= 11 is 5.95. The fraction of sp³-hybridized carbons (Fsp3) is 0.115. The van der Waals surface area contributed by atoms with Crippen molar-refractivity contribution in [3.63, 3.8) is 0 Å². The highest BCUT2D eigenvalue weighted by molar-refractivity contribution is 6.32. The average Bonchev–Trinajstić information content (AvgIpc) is 3.12. The second kappa shape index (κ2) is 10.3. The maximum Gasteiger partial charge on any atom is 0.274 e. The van der Waals surface area contributed by atoms with E-state index in [1.165, 1.54) is 12.3 Å². The molecule has 0 aliphatic carbocycles. The largest absolute Gasteiger partial charge is 0.489 e. The number of hydrogen-bond donors (Lipinski definition) is 1. The molecule has 0 fully saturated rings. The average molecular weight is 477 g/mol. The smallest absolute Gasteiger partial charge is 0.274 e. The third-order valence-electron chi connectivity index (χ3n) is 5.29. The molecule has 2 heterocycles. The second-order valence-corrected chi connectivity index (χ2v) is 7.93. The van der Waals surface area contributed by atoms with Gasteiger partial charge in [0.25, 0.3) is 5.91 Å². The molecule has 0 aliphatic heterocycles. The third-order valence-corrected chi connectivity index (χ3v) is 5.59. The van der Waals surface area contributed by atoms with Gasteiger partial charge in [-0.3, -0.25) is 4.79 Å². The molecule has 0 atom stereocenters. The number of hydrazone groups is 1. The van der Waals surface area contributed by atoms with Gasteiger partial charge in [0.2, 0.25) is 0 Å². The van der Waals surface area contributed by atoms with Crippen molar-refractivity contribution in [2.75, 3.05) is 0 Å². The summed E-state index contributed by atoms with van der Waals surface area (Å²) in [7, 11) is 0. The van der Waals surface area contributed by atoms with Crippen molar-refractivity contribution in [1.82, 2.24) is 15.0 Å². The van der Waals surface area contributed by atoms with Gasteiger partial charge in [-0.15, -0.1) is 0 Å². The van der Waals surface area contributed by atoms with E-state index in [1.807, 2.05) is 44.2 Å². The Bertz CT molecular complexity index is 1350. The lowest BCUT2D eigenvalue weighted by atomic mass is 10.2. The van der Waals surface area contributed by atoms with Gasteiger partial charge in [-0.1, -0.05) is 29.8 Å². The zero-order valence-corrected chi connectivity index (χ0v) is 19.4. The van der Waals surface area contributed by atoms with Gasteiger partial charge in [-0.25, -0.2) is 14.8 Å². The van der Waals surface area contributed by atoms with E-state index in [9.17, 15) is 9.18 Å². The maximum atomic E-state index is 13.8. The van der Waals surface area contributed by atoms with E-state index in [4.69, 9.17) is 16.3 Å². The monoisotopic (exact) mass is 476 g/mol. The van der Waals surface area contributed by atoms with Crippen LogP contribution in [0.2, 0.25) is 5.15 Å². The molecule has 4 rings (SSSR count). The van der Waals surface area contributed by atoms with E-state index in [0.29, 0.717) is 11.3 Å². The number of halogens is 2. The summed E-state index contributed by atoms with van der Waals surface area (Å²) in [6, 6.07) is 19.3. The summed E-state index contributed by atoms with van der Waals surface area (Å²) in [5.41, 5.74) is 6.99. The van der Waals surface area contributed by atoms with E-state index >= 15 is 0 Å². The molecule has 0 saturated heterocycles. The molecule has 2 aromatic heterocycles. The number of nitrogens with one attached hydrogen (secondary N) is 1. The van der Waals surface area contributed by atoms with Crippen molar-refractivity contribution in [3.8, 4) is 11.4 Å². The van der Waals surface area contributed by atoms with Crippen LogP contribution in [0.5, 0.6) is 5.75 Å². The van der Waals surface area contributed by atoms with Crippen molar-refractivity contribution in [3.05, 3.63) is 112 Å². The van der Waals surface area contributed by atoms with Gasteiger partial charge in [0.15, 0.2) is 0 Å². The number of aryl methyl sites for hydroxylation is 1. The van der Waals surface area contributed by atoms with Crippen molar-refractivity contribution in [2.45, 2.75) is 20.5 Å². The first-order valence-corrected chi connectivity index (χ1v) is 10.9. The molecule has 0 unspecified atom stereocenters. The van der Waals surface area contributed by atoms with E-state index in [0.717, 1.165) is 22.6 Å². The molecule has 0 spiro atoms. The molecule has 0 radical (unpaired) electrons. The molecule has 34 heavy (non-hydrogen) atoms. The van der Waals surface area contributed by atoms with Crippen LogP contribution in [0.3, 0.4) is 0 Å². The molecule has 0 aliphatic rings. The predicted octanol–water partition coefficient (Wildman–Crippen LogP) is 5.62. The van der Waals surface area contributed by atoms with Crippen LogP contribution in [0.1, 0.15) is 32.9 Å². The Morgan fingerprint density at radius 2 is 1.91 bits per heavy atom. The van der Waals surface area contributed by atoms with E-state index in [-0.39, 0.29) is 23.1 Å². The molecule has 1 amide bonds. The fourth-order valence-corrected chi connectivity index (χ4v) is 3.76. The molecule has 2 aromatic carbocycles. The Kier molecular flexibility index (Phi) is 7.04. The van der Waals surface area contributed by atoms with Crippen molar-refractivity contribution in [1.29, 1.82) is 0 Å². The highest BCUT2D eigenvalue weighted by Crippen LogP contribution is 2.23. The lowest BCUT2D eigenvalue weighted by Gasteiger charge is -2.12. The van der Waals surface area contributed by atoms with Gasteiger partial charge < -0.3 is 9.30 Å². The normalized spacial score (nSPS) is 11.1. The van der Waals surface area contributed by atoms with Gasteiger partial charge in [-0.05, 0) is 62.4 Å². The quantitative estimate of drug-likeness (QED) is 0.214. The SMILES string of the molecule is Cc1cc(C=NNC(=O)c2cccnc2Cl)c(C)n1-c1ccc(OCc2ccccc2F)cc1. The zero-order chi connectivity index (χ0) is 24.1. The Morgan fingerprint density at radius 3 is 2.65 bits per heavy atom. The molecular formula is C26H22ClFN4O2. The zero-order valence-electron chi connectivity index (χ0n) is 18.6. The predicted molar refractivity (Wildman–Crippen MR) is 130 cm³/mol. The number of pyridine rings is 1. The molecule has 172 valence electrons. The fourth-order valence-electron chi connectivity index (χ4n) is 3.56. The molecule has 4 aromatic rings. The summed E-state index contributed by atoms with van der Waals surface area (Å²) in [5, 5.41) is 4.19. The standard InChI is InChI=1S/C26H22ClFN4O2/c1-17-14-20(15-30-31-26(33)23-7-5-13-29-25(23)27)18(2)32(17)21-9-11-22(12-10-21)34-16-19-6-3-4-8-24(19)28/h3-15H,16H2,1-2H3,(H,31,33). The summed E-state index contributed by atoms with van der Waals surface area (Å²) in [4.78, 5) is 16.1. The minimum atomic E-state index is -0.436. The molecular weight excluding hydrogens is 455 g/mol. The van der Waals surface area contributed by atoms with Crippen LogP contribution in [0.15, 0.2) is 78.0 Å². The Hall–Kier alpha value is -3.97. The number of hydrogen-bond acceptors (Lipinski definition) is 4. The number of nitrogens with zero attached hydrogens (tertiary/aromatic N) is 3. The lowest BCUT2D eigenvalue weighted by Crippen LogP contribution is -2.18. The minimum absolute atomic E-state index is 0.120. The first-order valence-electron chi connectivity index (χ1n) is 10.5. The van der Waals surface area contributed by atoms with Crippen LogP contribution < -0.4 is 10.2 Å². The highest BCUT2D eigenvalue weighted by Gasteiger charge is 2.12. The van der Waals surface area contributed by atoms with Gasteiger partial charge in [0.05, 0.1) is 11.8 Å². The van der Waals surface area contributed by atoms with Crippen LogP contribution in [0.25, 0.3) is 5.69 Å². The van der Waals surface area contributed by atoms with Crippen molar-refractivity contribution in [2.24, 2.45) is 5.10 Å². The van der Waals surface area contributed by atoms with E-state index < -0.39 is 5.91 Å². The van der Waals surface area contributed by atoms with Crippen LogP contribution in [-0.2, 0) is 6.61 Å². The summed E-state index contributed by atoms with van der Waals surface area (Å²) in [6.45, 7) is 4.11. The van der Waals surface area contributed by atoms with Crippen molar-refractivity contribution >= 4 is 23.7 Å². The van der Waals surface area contributed by atoms with Gasteiger partial charge in [0.1, 0.15) is 23.3 Å².